The molecule has 0 aromatic rings. The van der Waals surface area contributed by atoms with Crippen LogP contribution >= 0.6 is 0 Å². The molecule has 2 atom stereocenters. The van der Waals surface area contributed by atoms with E-state index in [4.69, 9.17) is 0 Å². The van der Waals surface area contributed by atoms with Gasteiger partial charge in [-0.25, -0.2) is 9.59 Å². The Balaban J connectivity index is 1.91. The normalized spacial score (nSPS) is 34.6. The molecule has 20 heavy (non-hydrogen) atoms. The van der Waals surface area contributed by atoms with Gasteiger partial charge in [-0.2, -0.15) is 0 Å². The van der Waals surface area contributed by atoms with Gasteiger partial charge in [0.2, 0.25) is 0 Å². The van der Waals surface area contributed by atoms with Gasteiger partial charge in [0.15, 0.2) is 0 Å². The van der Waals surface area contributed by atoms with Crippen LogP contribution < -0.4 is 5.32 Å². The van der Waals surface area contributed by atoms with Gasteiger partial charge < -0.3 is 20.4 Å². The molecule has 2 unspecified atom stereocenters. The van der Waals surface area contributed by atoms with E-state index in [-0.39, 0.29) is 18.2 Å². The third-order valence-corrected chi connectivity index (χ3v) is 4.43. The molecule has 114 valence electrons. The third-order valence-electron chi connectivity index (χ3n) is 4.43. The molecule has 1 heterocycles. The fourth-order valence-electron chi connectivity index (χ4n) is 3.10. The summed E-state index contributed by atoms with van der Waals surface area (Å²) in [5, 5.41) is 21.6. The number of nitrogens with one attached hydrogen (secondary N) is 1. The number of carboxylic acid groups (broad SMARTS) is 1. The van der Waals surface area contributed by atoms with Crippen molar-refractivity contribution in [2.45, 2.75) is 63.6 Å². The third kappa shape index (κ3) is 3.62. The van der Waals surface area contributed by atoms with Crippen LogP contribution in [0.25, 0.3) is 0 Å². The summed E-state index contributed by atoms with van der Waals surface area (Å²) in [4.78, 5) is 25.0. The maximum Gasteiger partial charge on any atom is 0.326 e. The molecule has 0 aromatic carbocycles. The van der Waals surface area contributed by atoms with Crippen molar-refractivity contribution in [3.63, 3.8) is 0 Å². The molecule has 6 heteroatoms. The number of aliphatic hydroxyl groups is 1. The minimum absolute atomic E-state index is 0.0553. The summed E-state index contributed by atoms with van der Waals surface area (Å²) in [7, 11) is 0. The number of aliphatic hydroxyl groups excluding tert-OH is 1. The lowest BCUT2D eigenvalue weighted by atomic mass is 9.92. The molecule has 1 saturated heterocycles. The molecule has 2 aliphatic rings. The van der Waals surface area contributed by atoms with Crippen LogP contribution in [0.15, 0.2) is 0 Å². The highest BCUT2D eigenvalue weighted by Gasteiger charge is 2.35. The average molecular weight is 284 g/mol. The number of nitrogens with zero attached hydrogens (tertiary/aromatic N) is 1. The summed E-state index contributed by atoms with van der Waals surface area (Å²) < 4.78 is 0. The molecule has 0 aromatic heterocycles. The first kappa shape index (κ1) is 15.1. The molecule has 2 fully saturated rings. The number of urea groups is 1. The zero-order chi connectivity index (χ0) is 14.7. The van der Waals surface area contributed by atoms with Gasteiger partial charge in [-0.1, -0.05) is 6.92 Å². The first-order valence-corrected chi connectivity index (χ1v) is 7.45. The lowest BCUT2D eigenvalue weighted by Gasteiger charge is -2.37. The number of carbonyl (C=O) groups excluding carboxylic acids is 1. The molecule has 1 aliphatic carbocycles. The molecule has 2 amide bonds. The summed E-state index contributed by atoms with van der Waals surface area (Å²) in [5.74, 6) is -0.587. The van der Waals surface area contributed by atoms with Crippen molar-refractivity contribution in [3.05, 3.63) is 0 Å². The molecule has 3 N–H and O–H groups in total. The summed E-state index contributed by atoms with van der Waals surface area (Å²) in [6.45, 7) is 2.52. The number of rotatable bonds is 2. The standard InChI is InChI=1S/C14H24N2O4/c1-9-6-7-16(12(8-9)13(18)19)14(20)15-10-2-4-11(17)5-3-10/h9-12,17H,2-8H2,1H3,(H,15,20)(H,18,19). The number of amides is 2. The first-order chi connectivity index (χ1) is 9.47. The van der Waals surface area contributed by atoms with Crippen molar-refractivity contribution in [3.8, 4) is 0 Å². The Kier molecular flexibility index (Phi) is 4.86. The Bertz CT molecular complexity index is 366. The van der Waals surface area contributed by atoms with Gasteiger partial charge in [-0.05, 0) is 44.4 Å². The van der Waals surface area contributed by atoms with Crippen LogP contribution in [0.2, 0.25) is 0 Å². The summed E-state index contributed by atoms with van der Waals surface area (Å²) in [5.41, 5.74) is 0. The summed E-state index contributed by atoms with van der Waals surface area (Å²) >= 11 is 0. The zero-order valence-electron chi connectivity index (χ0n) is 11.9. The van der Waals surface area contributed by atoms with Crippen LogP contribution in [0.5, 0.6) is 0 Å². The highest BCUT2D eigenvalue weighted by atomic mass is 16.4. The number of piperidine rings is 1. The predicted molar refractivity (Wildman–Crippen MR) is 73.3 cm³/mol. The highest BCUT2D eigenvalue weighted by molar-refractivity contribution is 5.83. The van der Waals surface area contributed by atoms with Crippen molar-refractivity contribution in [1.82, 2.24) is 10.2 Å². The van der Waals surface area contributed by atoms with Gasteiger partial charge in [0.1, 0.15) is 6.04 Å². The smallest absolute Gasteiger partial charge is 0.326 e. The fraction of sp³-hybridized carbons (Fsp3) is 0.857. The Morgan fingerprint density at radius 1 is 1.15 bits per heavy atom. The monoisotopic (exact) mass is 284 g/mol. The maximum atomic E-state index is 12.3. The zero-order valence-corrected chi connectivity index (χ0v) is 11.9. The molecule has 0 spiro atoms. The van der Waals surface area contributed by atoms with Crippen molar-refractivity contribution >= 4 is 12.0 Å². The van der Waals surface area contributed by atoms with E-state index < -0.39 is 12.0 Å². The number of hydrogen-bond donors (Lipinski definition) is 3. The first-order valence-electron chi connectivity index (χ1n) is 7.45. The minimum Gasteiger partial charge on any atom is -0.480 e. The maximum absolute atomic E-state index is 12.3. The van der Waals surface area contributed by atoms with Gasteiger partial charge in [0, 0.05) is 12.6 Å². The van der Waals surface area contributed by atoms with Gasteiger partial charge in [0.05, 0.1) is 6.10 Å². The molecular weight excluding hydrogens is 260 g/mol. The number of aliphatic carboxylic acids is 1. The minimum atomic E-state index is -0.925. The molecule has 1 aliphatic heterocycles. The fourth-order valence-corrected chi connectivity index (χ4v) is 3.10. The topological polar surface area (TPSA) is 89.9 Å². The van der Waals surface area contributed by atoms with Gasteiger partial charge in [-0.3, -0.25) is 0 Å². The van der Waals surface area contributed by atoms with E-state index in [1.165, 1.54) is 4.90 Å². The van der Waals surface area contributed by atoms with Crippen molar-refractivity contribution in [2.24, 2.45) is 5.92 Å². The van der Waals surface area contributed by atoms with Crippen LogP contribution in [0.1, 0.15) is 45.4 Å². The summed E-state index contributed by atoms with van der Waals surface area (Å²) in [6.07, 6.45) is 4.02. The Morgan fingerprint density at radius 3 is 2.40 bits per heavy atom. The van der Waals surface area contributed by atoms with Crippen molar-refractivity contribution in [2.75, 3.05) is 6.54 Å². The molecule has 0 bridgehead atoms. The quantitative estimate of drug-likeness (QED) is 0.710. The van der Waals surface area contributed by atoms with E-state index in [9.17, 15) is 19.8 Å². The average Bonchev–Trinajstić information content (AvgIpc) is 2.41. The van der Waals surface area contributed by atoms with Crippen LogP contribution in [0, 0.1) is 5.92 Å². The summed E-state index contributed by atoms with van der Waals surface area (Å²) in [6, 6.07) is -0.932. The van der Waals surface area contributed by atoms with Gasteiger partial charge in [-0.15, -0.1) is 0 Å². The highest BCUT2D eigenvalue weighted by Crippen LogP contribution is 2.24. The Morgan fingerprint density at radius 2 is 1.80 bits per heavy atom. The second-order valence-electron chi connectivity index (χ2n) is 6.13. The number of carbonyl (C=O) groups is 2. The lowest BCUT2D eigenvalue weighted by Crippen LogP contribution is -2.55. The Labute approximate surface area is 119 Å². The van der Waals surface area contributed by atoms with E-state index in [1.54, 1.807) is 0 Å². The number of carboxylic acids is 1. The molecular formula is C14H24N2O4. The van der Waals surface area contributed by atoms with Crippen LogP contribution in [0.4, 0.5) is 4.79 Å². The van der Waals surface area contributed by atoms with E-state index in [0.29, 0.717) is 31.7 Å². The van der Waals surface area contributed by atoms with Crippen molar-refractivity contribution < 1.29 is 19.8 Å². The number of hydrogen-bond acceptors (Lipinski definition) is 3. The van der Waals surface area contributed by atoms with E-state index in [1.807, 2.05) is 6.92 Å². The van der Waals surface area contributed by atoms with Crippen LogP contribution in [0.3, 0.4) is 0 Å². The van der Waals surface area contributed by atoms with E-state index in [0.717, 1.165) is 19.3 Å². The van der Waals surface area contributed by atoms with Gasteiger partial charge in [0.25, 0.3) is 0 Å². The van der Waals surface area contributed by atoms with E-state index in [2.05, 4.69) is 5.32 Å². The van der Waals surface area contributed by atoms with E-state index >= 15 is 0 Å². The molecule has 1 saturated carbocycles. The SMILES string of the molecule is CC1CCN(C(=O)NC2CCC(O)CC2)C(C(=O)O)C1. The predicted octanol–water partition coefficient (Wildman–Crippen LogP) is 1.18. The molecule has 0 radical (unpaired) electrons. The largest absolute Gasteiger partial charge is 0.480 e. The second-order valence-corrected chi connectivity index (χ2v) is 6.13. The van der Waals surface area contributed by atoms with Crippen LogP contribution in [-0.4, -0.2) is 51.8 Å². The van der Waals surface area contributed by atoms with Gasteiger partial charge >= 0.3 is 12.0 Å². The molecule has 6 nitrogen and oxygen atoms in total. The Hall–Kier alpha value is -1.30. The lowest BCUT2D eigenvalue weighted by molar-refractivity contribution is -0.143. The second kappa shape index (κ2) is 6.43. The molecule has 2 rings (SSSR count). The van der Waals surface area contributed by atoms with Crippen molar-refractivity contribution in [1.29, 1.82) is 0 Å². The number of likely N-dealkylation sites (tertiary alicyclic amines) is 1. The van der Waals surface area contributed by atoms with Crippen LogP contribution in [-0.2, 0) is 4.79 Å².